The second kappa shape index (κ2) is 10.6. The van der Waals surface area contributed by atoms with Gasteiger partial charge in [0.1, 0.15) is 17.3 Å². The predicted molar refractivity (Wildman–Crippen MR) is 148 cm³/mol. The van der Waals surface area contributed by atoms with Gasteiger partial charge in [0.2, 0.25) is 15.9 Å². The minimum absolute atomic E-state index is 0.00971. The Balaban J connectivity index is 1.67. The van der Waals surface area contributed by atoms with E-state index >= 15 is 0 Å². The van der Waals surface area contributed by atoms with Crippen molar-refractivity contribution in [3.05, 3.63) is 36.3 Å². The lowest BCUT2D eigenvalue weighted by Crippen LogP contribution is -2.52. The highest BCUT2D eigenvalue weighted by Gasteiger charge is 2.48. The molecule has 1 atom stereocenters. The van der Waals surface area contributed by atoms with E-state index in [1.165, 1.54) is 33.9 Å². The van der Waals surface area contributed by atoms with Gasteiger partial charge in [-0.15, -0.1) is 5.10 Å². The molecule has 0 saturated carbocycles. The van der Waals surface area contributed by atoms with Crippen LogP contribution < -0.4 is 19.7 Å². The molecule has 3 aromatic rings. The zero-order chi connectivity index (χ0) is 30.5. The van der Waals surface area contributed by atoms with Crippen LogP contribution in [0.5, 0.6) is 5.88 Å². The Morgan fingerprint density at radius 3 is 2.46 bits per heavy atom. The molecule has 41 heavy (non-hydrogen) atoms. The number of ether oxygens (including phenoxy) is 1. The van der Waals surface area contributed by atoms with Gasteiger partial charge >= 0.3 is 13.2 Å². The second-order valence-electron chi connectivity index (χ2n) is 11.9. The summed E-state index contributed by atoms with van der Waals surface area (Å²) >= 11 is 0. The molecule has 3 aromatic heterocycles. The van der Waals surface area contributed by atoms with Gasteiger partial charge in [-0.1, -0.05) is 13.0 Å². The minimum atomic E-state index is -4.44. The average molecular weight is 597 g/mol. The molecule has 0 spiro atoms. The van der Waals surface area contributed by atoms with Gasteiger partial charge in [0.15, 0.2) is 5.82 Å². The zero-order valence-corrected chi connectivity index (χ0v) is 24.9. The Hall–Kier alpha value is -3.11. The van der Waals surface area contributed by atoms with Gasteiger partial charge in [-0.25, -0.2) is 22.7 Å². The molecule has 1 aliphatic heterocycles. The van der Waals surface area contributed by atoms with Gasteiger partial charge in [0, 0.05) is 43.1 Å². The van der Waals surface area contributed by atoms with Crippen molar-refractivity contribution in [3.63, 3.8) is 0 Å². The van der Waals surface area contributed by atoms with E-state index in [0.717, 1.165) is 20.3 Å². The number of rotatable bonds is 9. The third kappa shape index (κ3) is 6.38. The Bertz CT molecular complexity index is 1520. The van der Waals surface area contributed by atoms with Crippen molar-refractivity contribution in [2.75, 3.05) is 18.1 Å². The van der Waals surface area contributed by atoms with Crippen molar-refractivity contribution in [2.24, 2.45) is 18.4 Å². The lowest BCUT2D eigenvalue weighted by atomic mass is 9.75. The van der Waals surface area contributed by atoms with Crippen molar-refractivity contribution >= 4 is 28.4 Å². The first-order valence-electron chi connectivity index (χ1n) is 13.1. The van der Waals surface area contributed by atoms with Crippen LogP contribution in [0.2, 0.25) is 0 Å². The van der Waals surface area contributed by atoms with Gasteiger partial charge in [0.05, 0.1) is 11.1 Å². The van der Waals surface area contributed by atoms with Crippen LogP contribution in [-0.2, 0) is 17.1 Å². The molecule has 1 aliphatic rings. The Kier molecular flexibility index (Phi) is 7.99. The largest absolute Gasteiger partial charge is 0.476 e. The molecule has 0 radical (unpaired) electrons. The molecule has 2 N–H and O–H groups in total. The summed E-state index contributed by atoms with van der Waals surface area (Å²) in [7, 11) is -4.16. The maximum absolute atomic E-state index is 13.2. The summed E-state index contributed by atoms with van der Waals surface area (Å²) in [5.74, 6) is 0.953. The van der Waals surface area contributed by atoms with Crippen LogP contribution in [0, 0.1) is 18.3 Å². The van der Waals surface area contributed by atoms with E-state index in [1.807, 2.05) is 18.7 Å². The molecule has 0 unspecified atom stereocenters. The summed E-state index contributed by atoms with van der Waals surface area (Å²) in [5, 5.41) is 19.5. The number of sulfonamides is 1. The second-order valence-corrected chi connectivity index (χ2v) is 13.5. The average Bonchev–Trinajstić information content (AvgIpc) is 3.52. The molecule has 0 amide bonds. The lowest BCUT2D eigenvalue weighted by molar-refractivity contribution is -0.219. The summed E-state index contributed by atoms with van der Waals surface area (Å²) in [6, 6.07) is 4.52. The summed E-state index contributed by atoms with van der Waals surface area (Å²) < 4.78 is 76.2. The third-order valence-corrected chi connectivity index (χ3v) is 8.70. The molecule has 11 nitrogen and oxygen atoms in total. The molecular formula is C25H35BF3N7O4S. The first-order valence-corrected chi connectivity index (χ1v) is 14.5. The van der Waals surface area contributed by atoms with Gasteiger partial charge < -0.3 is 14.7 Å². The van der Waals surface area contributed by atoms with E-state index in [0.29, 0.717) is 24.1 Å². The van der Waals surface area contributed by atoms with Crippen molar-refractivity contribution in [3.8, 4) is 11.7 Å². The van der Waals surface area contributed by atoms with Crippen LogP contribution in [0.15, 0.2) is 35.5 Å². The Labute approximate surface area is 237 Å². The molecule has 16 heteroatoms. The standard InChI is InChI=1S/C25H35BF3N7O4S/c1-16-12-24(5,6)35(13-16)22-18(26(37)33-41(38,39)19-14-34(7)31-17(19)2)8-9-20(30-22)36-11-10-21(32-36)40-15-23(3,4)25(27,28)29/h8-11,14,16,33,37H,12-13,15H2,1-7H3/t16-/m0/s1. The van der Waals surface area contributed by atoms with E-state index in [9.17, 15) is 26.6 Å². The smallest absolute Gasteiger partial charge is 0.431 e. The van der Waals surface area contributed by atoms with Crippen LogP contribution in [-0.4, -0.2) is 69.9 Å². The molecule has 0 bridgehead atoms. The van der Waals surface area contributed by atoms with Crippen LogP contribution in [0.4, 0.5) is 19.0 Å². The number of alkyl halides is 3. The van der Waals surface area contributed by atoms with E-state index in [-0.39, 0.29) is 27.5 Å². The maximum atomic E-state index is 13.2. The zero-order valence-electron chi connectivity index (χ0n) is 24.1. The quantitative estimate of drug-likeness (QED) is 0.361. The molecule has 224 valence electrons. The molecule has 4 rings (SSSR count). The van der Waals surface area contributed by atoms with Crippen LogP contribution >= 0.6 is 0 Å². The van der Waals surface area contributed by atoms with Crippen LogP contribution in [0.1, 0.15) is 46.7 Å². The van der Waals surface area contributed by atoms with Crippen molar-refractivity contribution in [2.45, 2.75) is 64.6 Å². The summed E-state index contributed by atoms with van der Waals surface area (Å²) in [6.45, 7) is 9.80. The minimum Gasteiger partial charge on any atom is -0.476 e. The Morgan fingerprint density at radius 1 is 1.22 bits per heavy atom. The van der Waals surface area contributed by atoms with Crippen molar-refractivity contribution < 1.29 is 31.3 Å². The van der Waals surface area contributed by atoms with Gasteiger partial charge in [0.25, 0.3) is 0 Å². The lowest BCUT2D eigenvalue weighted by Gasteiger charge is -2.34. The monoisotopic (exact) mass is 597 g/mol. The number of hydrogen-bond acceptors (Lipinski definition) is 8. The first kappa shape index (κ1) is 30.8. The van der Waals surface area contributed by atoms with E-state index in [1.54, 1.807) is 20.0 Å². The van der Waals surface area contributed by atoms with E-state index in [2.05, 4.69) is 21.8 Å². The summed E-state index contributed by atoms with van der Waals surface area (Å²) in [4.78, 5) is 6.69. The number of pyridine rings is 1. The molecule has 4 heterocycles. The van der Waals surface area contributed by atoms with Gasteiger partial charge in [-0.3, -0.25) is 4.68 Å². The number of aromatic nitrogens is 5. The Morgan fingerprint density at radius 2 is 1.90 bits per heavy atom. The maximum Gasteiger partial charge on any atom is 0.431 e. The molecule has 1 fully saturated rings. The molecule has 0 aliphatic carbocycles. The fourth-order valence-electron chi connectivity index (χ4n) is 4.93. The molecule has 1 saturated heterocycles. The number of hydrogen-bond donors (Lipinski definition) is 2. The number of nitrogens with one attached hydrogen (secondary N) is 1. The van der Waals surface area contributed by atoms with Crippen molar-refractivity contribution in [1.29, 1.82) is 0 Å². The highest BCUT2D eigenvalue weighted by molar-refractivity contribution is 7.90. The van der Waals surface area contributed by atoms with Crippen LogP contribution in [0.25, 0.3) is 5.82 Å². The van der Waals surface area contributed by atoms with Gasteiger partial charge in [-0.05, 0) is 53.0 Å². The van der Waals surface area contributed by atoms with Crippen LogP contribution in [0.3, 0.4) is 0 Å². The topological polar surface area (TPSA) is 127 Å². The number of nitrogens with zero attached hydrogens (tertiary/aromatic N) is 6. The SMILES string of the molecule is Cc1nn(C)cc1S(=O)(=O)NB(O)c1ccc(-n2ccc(OCC(C)(C)C(F)(F)F)n2)nc1N1C[C@@H](C)CC1(C)C. The number of anilines is 1. The molecule has 0 aromatic carbocycles. The third-order valence-electron chi connectivity index (χ3n) is 7.19. The fraction of sp³-hybridized carbons (Fsp3) is 0.560. The van der Waals surface area contributed by atoms with E-state index < -0.39 is 35.3 Å². The summed E-state index contributed by atoms with van der Waals surface area (Å²) in [5.41, 5.74) is -1.91. The summed E-state index contributed by atoms with van der Waals surface area (Å²) in [6.07, 6.45) is -0.752. The van der Waals surface area contributed by atoms with Gasteiger partial charge in [-0.2, -0.15) is 18.3 Å². The number of halogens is 3. The predicted octanol–water partition coefficient (Wildman–Crippen LogP) is 2.57. The number of aryl methyl sites for hydroxylation is 2. The fourth-order valence-corrected chi connectivity index (χ4v) is 6.20. The highest BCUT2D eigenvalue weighted by Crippen LogP contribution is 2.38. The van der Waals surface area contributed by atoms with E-state index in [4.69, 9.17) is 9.72 Å². The highest BCUT2D eigenvalue weighted by atomic mass is 32.2. The normalized spacial score (nSPS) is 17.7. The first-order chi connectivity index (χ1) is 18.8. The van der Waals surface area contributed by atoms with Crippen molar-refractivity contribution in [1.82, 2.24) is 29.2 Å². The molecular weight excluding hydrogens is 562 g/mol.